The molecule has 0 aromatic carbocycles. The van der Waals surface area contributed by atoms with Crippen LogP contribution in [0.1, 0.15) is 77.0 Å². The van der Waals surface area contributed by atoms with Gasteiger partial charge in [0.15, 0.2) is 0 Å². The van der Waals surface area contributed by atoms with Gasteiger partial charge in [0.05, 0.1) is 0 Å². The molecule has 4 bridgehead atoms. The maximum Gasteiger partial charge on any atom is 0.0193 e. The van der Waals surface area contributed by atoms with Crippen molar-refractivity contribution < 1.29 is 0 Å². The zero-order chi connectivity index (χ0) is 19.3. The summed E-state index contributed by atoms with van der Waals surface area (Å²) in [6.07, 6.45) is 30.1. The molecule has 0 amide bonds. The highest BCUT2D eigenvalue weighted by Crippen LogP contribution is 2.18. The predicted octanol–water partition coefficient (Wildman–Crippen LogP) is 6.28. The molecule has 0 saturated carbocycles. The molecule has 3 aliphatic heterocycles. The van der Waals surface area contributed by atoms with Crippen molar-refractivity contribution in [3.8, 4) is 0 Å². The van der Waals surface area contributed by atoms with Gasteiger partial charge in [0.25, 0.3) is 0 Å². The lowest BCUT2D eigenvalue weighted by molar-refractivity contribution is 0.281. The molecule has 2 nitrogen and oxygen atoms in total. The quantitative estimate of drug-likeness (QED) is 0.455. The second kappa shape index (κ2) is 13.2. The monoisotopic (exact) mass is 382 g/mol. The lowest BCUT2D eigenvalue weighted by Gasteiger charge is -2.27. The minimum atomic E-state index is 1.22. The molecule has 2 heteroatoms. The number of hydrogen-bond donors (Lipinski definition) is 0. The average molecular weight is 383 g/mol. The van der Waals surface area contributed by atoms with Crippen molar-refractivity contribution in [2.75, 3.05) is 39.3 Å². The van der Waals surface area contributed by atoms with Crippen molar-refractivity contribution in [3.05, 3.63) is 47.6 Å². The van der Waals surface area contributed by atoms with Crippen molar-refractivity contribution in [3.63, 3.8) is 0 Å². The smallest absolute Gasteiger partial charge is 0.0193 e. The van der Waals surface area contributed by atoms with E-state index in [1.807, 2.05) is 0 Å². The van der Waals surface area contributed by atoms with Crippen LogP contribution in [0.25, 0.3) is 0 Å². The fourth-order valence-electron chi connectivity index (χ4n) is 4.71. The Kier molecular flexibility index (Phi) is 10.2. The SMILES string of the molecule is C1=C2CC/C=C\CCCCN3CCC=C(CC/C=C\CCCCN(CC1)C2)C3. The second-order valence-corrected chi connectivity index (χ2v) is 8.87. The molecule has 2 atom stereocenters. The van der Waals surface area contributed by atoms with Gasteiger partial charge in [-0.25, -0.2) is 0 Å². The zero-order valence-electron chi connectivity index (χ0n) is 18.1. The maximum absolute atomic E-state index is 2.68. The molecule has 3 rings (SSSR count). The Hall–Kier alpha value is -1.12. The summed E-state index contributed by atoms with van der Waals surface area (Å²) < 4.78 is 0. The van der Waals surface area contributed by atoms with E-state index in [1.165, 1.54) is 116 Å². The molecule has 0 fully saturated rings. The summed E-state index contributed by atoms with van der Waals surface area (Å²) in [4.78, 5) is 5.35. The van der Waals surface area contributed by atoms with Gasteiger partial charge >= 0.3 is 0 Å². The van der Waals surface area contributed by atoms with Crippen LogP contribution in [0.3, 0.4) is 0 Å². The molecule has 0 aromatic rings. The maximum atomic E-state index is 2.68. The third-order valence-electron chi connectivity index (χ3n) is 6.40. The van der Waals surface area contributed by atoms with Crippen molar-refractivity contribution in [2.45, 2.75) is 77.0 Å². The number of fused-ring (bicyclic) bond motifs is 4. The highest BCUT2D eigenvalue weighted by atomic mass is 15.1. The van der Waals surface area contributed by atoms with E-state index in [2.05, 4.69) is 46.3 Å². The first-order valence-electron chi connectivity index (χ1n) is 12.0. The van der Waals surface area contributed by atoms with Crippen LogP contribution in [0.2, 0.25) is 0 Å². The summed E-state index contributed by atoms with van der Waals surface area (Å²) in [5, 5.41) is 0. The standard InChI is InChI=1S/C26H42N2/c1-3-7-11-19-27-21-14-18-26(24-27)16-10-6-2-4-8-12-20-28-22-13-17-25(23-28)15-9-5-1/h1-2,5-6,17-18H,3-4,7-16,19-24H2/b5-1-,6-2-. The lowest BCUT2D eigenvalue weighted by atomic mass is 10.0. The zero-order valence-corrected chi connectivity index (χ0v) is 18.1. The summed E-state index contributed by atoms with van der Waals surface area (Å²) in [5.74, 6) is 0. The molecule has 0 N–H and O–H groups in total. The summed E-state index contributed by atoms with van der Waals surface area (Å²) in [6, 6.07) is 0. The second-order valence-electron chi connectivity index (χ2n) is 8.87. The topological polar surface area (TPSA) is 6.48 Å². The fraction of sp³-hybridized carbons (Fsp3) is 0.692. The average Bonchev–Trinajstić information content (AvgIpc) is 2.72. The lowest BCUT2D eigenvalue weighted by Crippen LogP contribution is -2.31. The van der Waals surface area contributed by atoms with Crippen molar-refractivity contribution in [2.24, 2.45) is 0 Å². The molecule has 0 radical (unpaired) electrons. The van der Waals surface area contributed by atoms with E-state index in [-0.39, 0.29) is 0 Å². The molecule has 3 aliphatic rings. The number of hydrogen-bond acceptors (Lipinski definition) is 2. The van der Waals surface area contributed by atoms with Gasteiger partial charge in [0.1, 0.15) is 0 Å². The van der Waals surface area contributed by atoms with E-state index >= 15 is 0 Å². The number of rotatable bonds is 0. The van der Waals surface area contributed by atoms with Gasteiger partial charge < -0.3 is 0 Å². The Morgan fingerprint density at radius 3 is 1.43 bits per heavy atom. The minimum absolute atomic E-state index is 1.22. The van der Waals surface area contributed by atoms with Crippen molar-refractivity contribution in [1.29, 1.82) is 0 Å². The molecule has 28 heavy (non-hydrogen) atoms. The highest BCUT2D eigenvalue weighted by Gasteiger charge is 2.12. The summed E-state index contributed by atoms with van der Waals surface area (Å²) in [5.41, 5.74) is 3.35. The molecule has 3 heterocycles. The van der Waals surface area contributed by atoms with Crippen LogP contribution in [0, 0.1) is 0 Å². The summed E-state index contributed by atoms with van der Waals surface area (Å²) in [7, 11) is 0. The van der Waals surface area contributed by atoms with Gasteiger partial charge in [0.2, 0.25) is 0 Å². The van der Waals surface area contributed by atoms with Crippen molar-refractivity contribution in [1.82, 2.24) is 9.80 Å². The van der Waals surface area contributed by atoms with Gasteiger partial charge in [-0.3, -0.25) is 9.80 Å². The normalized spacial score (nSPS) is 31.4. The molecule has 0 aliphatic carbocycles. The highest BCUT2D eigenvalue weighted by molar-refractivity contribution is 5.10. The van der Waals surface area contributed by atoms with Gasteiger partial charge in [-0.15, -0.1) is 0 Å². The van der Waals surface area contributed by atoms with Gasteiger partial charge in [-0.05, 0) is 90.1 Å². The first-order valence-corrected chi connectivity index (χ1v) is 12.0. The van der Waals surface area contributed by atoms with E-state index in [0.29, 0.717) is 0 Å². The molecule has 0 saturated heterocycles. The van der Waals surface area contributed by atoms with Crippen LogP contribution in [0.4, 0.5) is 0 Å². The van der Waals surface area contributed by atoms with Gasteiger partial charge in [-0.1, -0.05) is 47.6 Å². The molecular weight excluding hydrogens is 340 g/mol. The predicted molar refractivity (Wildman–Crippen MR) is 123 cm³/mol. The third kappa shape index (κ3) is 8.49. The third-order valence-corrected chi connectivity index (χ3v) is 6.40. The summed E-state index contributed by atoms with van der Waals surface area (Å²) >= 11 is 0. The van der Waals surface area contributed by atoms with Crippen LogP contribution in [-0.4, -0.2) is 49.1 Å². The Labute approximate surface area is 174 Å². The minimum Gasteiger partial charge on any atom is -0.299 e. The molecule has 0 spiro atoms. The van der Waals surface area contributed by atoms with E-state index < -0.39 is 0 Å². The van der Waals surface area contributed by atoms with Crippen LogP contribution >= 0.6 is 0 Å². The van der Waals surface area contributed by atoms with Gasteiger partial charge in [-0.2, -0.15) is 0 Å². The summed E-state index contributed by atoms with van der Waals surface area (Å²) in [6.45, 7) is 7.53. The molecule has 2 unspecified atom stereocenters. The van der Waals surface area contributed by atoms with E-state index in [9.17, 15) is 0 Å². The van der Waals surface area contributed by atoms with Crippen LogP contribution < -0.4 is 0 Å². The van der Waals surface area contributed by atoms with Crippen molar-refractivity contribution >= 4 is 0 Å². The van der Waals surface area contributed by atoms with E-state index in [1.54, 1.807) is 11.1 Å². The molecule has 0 aromatic heterocycles. The first-order chi connectivity index (χ1) is 13.9. The fourth-order valence-corrected chi connectivity index (χ4v) is 4.71. The van der Waals surface area contributed by atoms with Gasteiger partial charge in [0, 0.05) is 26.2 Å². The number of nitrogens with zero attached hydrogens (tertiary/aromatic N) is 2. The van der Waals surface area contributed by atoms with Crippen LogP contribution in [-0.2, 0) is 0 Å². The molecular formula is C26H42N2. The Morgan fingerprint density at radius 1 is 0.464 bits per heavy atom. The Bertz CT molecular complexity index is 505. The van der Waals surface area contributed by atoms with E-state index in [0.717, 1.165) is 0 Å². The first kappa shape index (κ1) is 21.6. The largest absolute Gasteiger partial charge is 0.299 e. The van der Waals surface area contributed by atoms with E-state index in [4.69, 9.17) is 0 Å². The number of allylic oxidation sites excluding steroid dienone is 4. The Balaban J connectivity index is 1.46. The molecule has 156 valence electrons. The van der Waals surface area contributed by atoms with Crippen LogP contribution in [0.15, 0.2) is 47.6 Å². The van der Waals surface area contributed by atoms with Crippen LogP contribution in [0.5, 0.6) is 0 Å². The Morgan fingerprint density at radius 2 is 0.929 bits per heavy atom.